The smallest absolute Gasteiger partial charge is 0.261 e. The van der Waals surface area contributed by atoms with Gasteiger partial charge in [0.25, 0.3) is 15.9 Å². The van der Waals surface area contributed by atoms with E-state index in [9.17, 15) is 13.2 Å². The summed E-state index contributed by atoms with van der Waals surface area (Å²) < 4.78 is 33.0. The fraction of sp³-hybridized carbons (Fsp3) is 0.250. The molecule has 11 heteroatoms. The number of benzene rings is 2. The summed E-state index contributed by atoms with van der Waals surface area (Å²) in [6, 6.07) is 8.76. The summed E-state index contributed by atoms with van der Waals surface area (Å²) in [6.45, 7) is 3.86. The number of hydrogen-bond acceptors (Lipinski definition) is 6. The number of nitrogens with one attached hydrogen (secondary N) is 2. The molecule has 3 aromatic rings. The summed E-state index contributed by atoms with van der Waals surface area (Å²) in [6.07, 6.45) is 1.07. The lowest BCUT2D eigenvalue weighted by Gasteiger charge is -2.12. The summed E-state index contributed by atoms with van der Waals surface area (Å²) in [5.41, 5.74) is 1.19. The molecule has 1 heterocycles. The average molecular weight is 483 g/mol. The molecule has 3 rings (SSSR count). The number of hydrogen-bond donors (Lipinski definition) is 2. The Bertz CT molecular complexity index is 1210. The molecule has 0 aliphatic rings. The molecule has 0 aliphatic heterocycles. The van der Waals surface area contributed by atoms with Gasteiger partial charge in [0.15, 0.2) is 5.82 Å². The summed E-state index contributed by atoms with van der Waals surface area (Å²) in [7, 11) is -3.95. The molecule has 0 saturated carbocycles. The second-order valence-electron chi connectivity index (χ2n) is 6.81. The lowest BCUT2D eigenvalue weighted by Crippen LogP contribution is -2.25. The third kappa shape index (κ3) is 5.96. The maximum Gasteiger partial charge on any atom is 0.261 e. The maximum atomic E-state index is 12.8. The van der Waals surface area contributed by atoms with E-state index in [0.717, 1.165) is 5.56 Å². The first kappa shape index (κ1) is 23.1. The molecule has 0 saturated heterocycles. The van der Waals surface area contributed by atoms with Crippen molar-refractivity contribution in [3.05, 3.63) is 69.3 Å². The maximum absolute atomic E-state index is 12.8. The monoisotopic (exact) mass is 482 g/mol. The van der Waals surface area contributed by atoms with Crippen molar-refractivity contribution in [3.8, 4) is 0 Å². The van der Waals surface area contributed by atoms with Crippen molar-refractivity contribution in [3.63, 3.8) is 0 Å². The SMILES string of the molecule is Cc1noc(CCCNC(=O)c2cc(S(=O)(=O)Nc3ccc(C)c(Cl)c3)ccc2Cl)n1. The molecule has 164 valence electrons. The van der Waals surface area contributed by atoms with E-state index >= 15 is 0 Å². The average Bonchev–Trinajstić information content (AvgIpc) is 3.13. The van der Waals surface area contributed by atoms with E-state index in [2.05, 4.69) is 20.2 Å². The number of anilines is 1. The van der Waals surface area contributed by atoms with E-state index in [4.69, 9.17) is 27.7 Å². The molecule has 0 fully saturated rings. The van der Waals surface area contributed by atoms with E-state index in [1.807, 2.05) is 6.92 Å². The zero-order valence-corrected chi connectivity index (χ0v) is 19.1. The Labute approximate surface area is 190 Å². The van der Waals surface area contributed by atoms with Gasteiger partial charge in [-0.25, -0.2) is 8.42 Å². The Kier molecular flexibility index (Phi) is 7.19. The zero-order valence-electron chi connectivity index (χ0n) is 16.8. The second-order valence-corrected chi connectivity index (χ2v) is 9.30. The van der Waals surface area contributed by atoms with Crippen molar-refractivity contribution in [2.45, 2.75) is 31.6 Å². The summed E-state index contributed by atoms with van der Waals surface area (Å²) in [4.78, 5) is 16.5. The van der Waals surface area contributed by atoms with E-state index in [1.54, 1.807) is 19.1 Å². The number of sulfonamides is 1. The highest BCUT2D eigenvalue weighted by Gasteiger charge is 2.19. The van der Waals surface area contributed by atoms with Crippen LogP contribution in [0.3, 0.4) is 0 Å². The molecule has 1 amide bonds. The topological polar surface area (TPSA) is 114 Å². The van der Waals surface area contributed by atoms with Gasteiger partial charge in [0, 0.05) is 18.0 Å². The fourth-order valence-corrected chi connectivity index (χ4v) is 4.15. The lowest BCUT2D eigenvalue weighted by atomic mass is 10.2. The zero-order chi connectivity index (χ0) is 22.6. The normalized spacial score (nSPS) is 11.4. The molecule has 0 atom stereocenters. The number of rotatable bonds is 8. The van der Waals surface area contributed by atoms with Crippen molar-refractivity contribution in [1.29, 1.82) is 0 Å². The van der Waals surface area contributed by atoms with Gasteiger partial charge in [-0.2, -0.15) is 4.98 Å². The molecule has 0 unspecified atom stereocenters. The van der Waals surface area contributed by atoms with Crippen LogP contribution in [0.5, 0.6) is 0 Å². The first-order chi connectivity index (χ1) is 14.7. The van der Waals surface area contributed by atoms with Gasteiger partial charge in [0.2, 0.25) is 5.89 Å². The fourth-order valence-electron chi connectivity index (χ4n) is 2.69. The highest BCUT2D eigenvalue weighted by molar-refractivity contribution is 7.92. The molecular formula is C20H20Cl2N4O4S. The summed E-state index contributed by atoms with van der Waals surface area (Å²) >= 11 is 12.2. The molecule has 2 aromatic carbocycles. The first-order valence-electron chi connectivity index (χ1n) is 9.31. The number of carbonyl (C=O) groups excluding carboxylic acids is 1. The lowest BCUT2D eigenvalue weighted by molar-refractivity contribution is 0.0953. The van der Waals surface area contributed by atoms with E-state index < -0.39 is 15.9 Å². The van der Waals surface area contributed by atoms with Crippen molar-refractivity contribution in [2.24, 2.45) is 0 Å². The number of halogens is 2. The Hall–Kier alpha value is -2.62. The van der Waals surface area contributed by atoms with Gasteiger partial charge < -0.3 is 9.84 Å². The van der Waals surface area contributed by atoms with Crippen LogP contribution >= 0.6 is 23.2 Å². The van der Waals surface area contributed by atoms with Gasteiger partial charge in [-0.15, -0.1) is 0 Å². The quantitative estimate of drug-likeness (QED) is 0.465. The Morgan fingerprint density at radius 1 is 1.10 bits per heavy atom. The first-order valence-corrected chi connectivity index (χ1v) is 11.6. The molecule has 1 aromatic heterocycles. The number of nitrogens with zero attached hydrogens (tertiary/aromatic N) is 2. The third-order valence-corrected chi connectivity index (χ3v) is 6.46. The standard InChI is InChI=1S/C20H20Cl2N4O4S/c1-12-5-6-14(10-18(12)22)26-31(28,29)15-7-8-17(21)16(11-15)20(27)23-9-3-4-19-24-13(2)25-30-19/h5-8,10-11,26H,3-4,9H2,1-2H3,(H,23,27). The highest BCUT2D eigenvalue weighted by atomic mass is 35.5. The van der Waals surface area contributed by atoms with Crippen LogP contribution in [-0.2, 0) is 16.4 Å². The van der Waals surface area contributed by atoms with Crippen LogP contribution in [0.2, 0.25) is 10.0 Å². The predicted octanol–water partition coefficient (Wildman–Crippen LogP) is 4.16. The summed E-state index contributed by atoms with van der Waals surface area (Å²) in [5.74, 6) is 0.549. The molecule has 0 radical (unpaired) electrons. The van der Waals surface area contributed by atoms with Gasteiger partial charge in [0.1, 0.15) is 0 Å². The number of aryl methyl sites for hydroxylation is 3. The number of carbonyl (C=O) groups is 1. The van der Waals surface area contributed by atoms with E-state index in [-0.39, 0.29) is 15.5 Å². The van der Waals surface area contributed by atoms with Gasteiger partial charge in [-0.1, -0.05) is 34.4 Å². The molecule has 0 aliphatic carbocycles. The van der Waals surface area contributed by atoms with Crippen LogP contribution in [0.4, 0.5) is 5.69 Å². The molecular weight excluding hydrogens is 463 g/mol. The Morgan fingerprint density at radius 3 is 2.55 bits per heavy atom. The Morgan fingerprint density at radius 2 is 1.87 bits per heavy atom. The Balaban J connectivity index is 1.67. The van der Waals surface area contributed by atoms with Crippen LogP contribution in [0.25, 0.3) is 0 Å². The van der Waals surface area contributed by atoms with E-state index in [0.29, 0.717) is 41.8 Å². The molecule has 2 N–H and O–H groups in total. The van der Waals surface area contributed by atoms with Crippen LogP contribution in [0, 0.1) is 13.8 Å². The molecule has 31 heavy (non-hydrogen) atoms. The van der Waals surface area contributed by atoms with Gasteiger partial charge in [-0.3, -0.25) is 9.52 Å². The number of amides is 1. The largest absolute Gasteiger partial charge is 0.352 e. The predicted molar refractivity (Wildman–Crippen MR) is 118 cm³/mol. The van der Waals surface area contributed by atoms with Crippen molar-refractivity contribution in [1.82, 2.24) is 15.5 Å². The van der Waals surface area contributed by atoms with E-state index in [1.165, 1.54) is 24.3 Å². The van der Waals surface area contributed by atoms with Crippen molar-refractivity contribution in [2.75, 3.05) is 11.3 Å². The molecule has 8 nitrogen and oxygen atoms in total. The minimum atomic E-state index is -3.95. The molecule has 0 spiro atoms. The summed E-state index contributed by atoms with van der Waals surface area (Å²) in [5, 5.41) is 6.99. The van der Waals surface area contributed by atoms with Gasteiger partial charge >= 0.3 is 0 Å². The second kappa shape index (κ2) is 9.67. The van der Waals surface area contributed by atoms with Crippen LogP contribution in [-0.4, -0.2) is 31.0 Å². The minimum absolute atomic E-state index is 0.0557. The van der Waals surface area contributed by atoms with Crippen molar-refractivity contribution >= 4 is 44.8 Å². The molecule has 0 bridgehead atoms. The van der Waals surface area contributed by atoms with Crippen LogP contribution in [0.1, 0.15) is 34.1 Å². The van der Waals surface area contributed by atoms with Gasteiger partial charge in [0.05, 0.1) is 21.2 Å². The third-order valence-electron chi connectivity index (χ3n) is 4.34. The van der Waals surface area contributed by atoms with Gasteiger partial charge in [-0.05, 0) is 56.2 Å². The van der Waals surface area contributed by atoms with Crippen molar-refractivity contribution < 1.29 is 17.7 Å². The number of aromatic nitrogens is 2. The van der Waals surface area contributed by atoms with Crippen LogP contribution in [0.15, 0.2) is 45.8 Å². The minimum Gasteiger partial charge on any atom is -0.352 e. The highest BCUT2D eigenvalue weighted by Crippen LogP contribution is 2.25. The van der Waals surface area contributed by atoms with Crippen LogP contribution < -0.4 is 10.0 Å².